The first-order chi connectivity index (χ1) is 13.8. The Hall–Kier alpha value is -3.36. The summed E-state index contributed by atoms with van der Waals surface area (Å²) in [7, 11) is 0. The van der Waals surface area contributed by atoms with E-state index in [4.69, 9.17) is 0 Å². The zero-order chi connectivity index (χ0) is 20.6. The second-order valence-corrected chi connectivity index (χ2v) is 6.84. The van der Waals surface area contributed by atoms with Gasteiger partial charge in [0.1, 0.15) is 11.5 Å². The number of alkyl halides is 3. The molecule has 0 atom stereocenters. The van der Waals surface area contributed by atoms with Crippen LogP contribution in [0.4, 0.5) is 24.7 Å². The second-order valence-electron chi connectivity index (χ2n) is 6.84. The van der Waals surface area contributed by atoms with Crippen molar-refractivity contribution in [1.82, 2.24) is 14.9 Å². The number of para-hydroxylation sites is 1. The lowest BCUT2D eigenvalue weighted by Gasteiger charge is -2.17. The lowest BCUT2D eigenvalue weighted by atomic mass is 10.1. The first-order valence-corrected chi connectivity index (χ1v) is 9.05. The minimum atomic E-state index is -4.73. The van der Waals surface area contributed by atoms with Crippen molar-refractivity contribution in [1.29, 1.82) is 0 Å². The number of aromatic amines is 1. The van der Waals surface area contributed by atoms with Crippen LogP contribution in [-0.4, -0.2) is 27.3 Å². The number of nitrogens with one attached hydrogen (secondary N) is 2. The lowest BCUT2D eigenvalue weighted by Crippen LogP contribution is -2.25. The van der Waals surface area contributed by atoms with Gasteiger partial charge in [0.25, 0.3) is 0 Å². The number of hydrogen-bond acceptors (Lipinski definition) is 4. The number of pyridine rings is 2. The van der Waals surface area contributed by atoms with Crippen LogP contribution in [-0.2, 0) is 17.5 Å². The average Bonchev–Trinajstić information content (AvgIpc) is 3.05. The molecule has 3 aromatic rings. The highest BCUT2D eigenvalue weighted by Gasteiger charge is 2.35. The number of hydrogen-bond donors (Lipinski definition) is 2. The Bertz CT molecular complexity index is 1130. The van der Waals surface area contributed by atoms with Crippen LogP contribution >= 0.6 is 0 Å². The van der Waals surface area contributed by atoms with Gasteiger partial charge in [-0.25, -0.2) is 4.98 Å². The maximum Gasteiger partial charge on any atom is 0.417 e. The second kappa shape index (κ2) is 7.23. The molecule has 0 bridgehead atoms. The number of benzene rings is 1. The van der Waals surface area contributed by atoms with Crippen molar-refractivity contribution in [2.45, 2.75) is 25.6 Å². The summed E-state index contributed by atoms with van der Waals surface area (Å²) in [5.74, 6) is 0.108. The molecular formula is C20H17F3N4O2. The number of anilines is 2. The summed E-state index contributed by atoms with van der Waals surface area (Å²) < 4.78 is 40.9. The number of H-pyrrole nitrogens is 1. The third-order valence-electron chi connectivity index (χ3n) is 4.73. The summed E-state index contributed by atoms with van der Waals surface area (Å²) >= 11 is 0. The van der Waals surface area contributed by atoms with Crippen molar-refractivity contribution < 1.29 is 18.0 Å². The number of fused-ring (bicyclic) bond motifs is 1. The molecule has 2 aromatic heterocycles. The van der Waals surface area contributed by atoms with Crippen LogP contribution in [0.2, 0.25) is 0 Å². The average molecular weight is 402 g/mol. The summed E-state index contributed by atoms with van der Waals surface area (Å²) in [6.07, 6.45) is -3.69. The highest BCUT2D eigenvalue weighted by molar-refractivity contribution is 5.82. The Kier molecular flexibility index (Phi) is 4.73. The molecule has 1 amide bonds. The van der Waals surface area contributed by atoms with Gasteiger partial charge in [0.2, 0.25) is 5.91 Å². The molecule has 0 aliphatic carbocycles. The maximum atomic E-state index is 13.6. The normalized spacial score (nSPS) is 14.6. The fourth-order valence-electron chi connectivity index (χ4n) is 3.42. The standard InChI is InChI=1S/C20H17F3N4O2/c21-20(22,23)14-9-13(11-27-8-4-7-17(27)29)25-19-18(14)15(28)10-16(26-19)24-12-5-2-1-3-6-12/h1-3,5-6,9-10H,4,7-8,11H2,(H2,24,25,26,28). The van der Waals surface area contributed by atoms with E-state index in [1.54, 1.807) is 24.3 Å². The van der Waals surface area contributed by atoms with Crippen LogP contribution in [0.5, 0.6) is 0 Å². The topological polar surface area (TPSA) is 78.1 Å². The van der Waals surface area contributed by atoms with Crippen molar-refractivity contribution in [2.24, 2.45) is 0 Å². The predicted octanol–water partition coefficient (Wildman–Crippen LogP) is 3.81. The van der Waals surface area contributed by atoms with E-state index >= 15 is 0 Å². The van der Waals surface area contributed by atoms with Gasteiger partial charge in [-0.2, -0.15) is 13.2 Å². The highest BCUT2D eigenvalue weighted by Crippen LogP contribution is 2.34. The van der Waals surface area contributed by atoms with E-state index in [1.807, 2.05) is 6.07 Å². The number of rotatable bonds is 4. The molecule has 0 spiro atoms. The number of likely N-dealkylation sites (tertiary alicyclic amines) is 1. The first kappa shape index (κ1) is 19.0. The van der Waals surface area contributed by atoms with E-state index in [2.05, 4.69) is 15.3 Å². The summed E-state index contributed by atoms with van der Waals surface area (Å²) in [6, 6.07) is 10.8. The van der Waals surface area contributed by atoms with Crippen molar-refractivity contribution in [2.75, 3.05) is 11.9 Å². The van der Waals surface area contributed by atoms with Gasteiger partial charge in [0, 0.05) is 24.7 Å². The molecule has 1 saturated heterocycles. The van der Waals surface area contributed by atoms with Gasteiger partial charge in [-0.05, 0) is 24.6 Å². The SMILES string of the molecule is O=C1CCCN1Cc1cc(C(F)(F)F)c2c(=O)cc(Nc3ccccc3)[nH]c2n1. The Morgan fingerprint density at radius 1 is 1.14 bits per heavy atom. The molecule has 29 heavy (non-hydrogen) atoms. The van der Waals surface area contributed by atoms with Crippen LogP contribution in [0.3, 0.4) is 0 Å². The fourth-order valence-corrected chi connectivity index (χ4v) is 3.42. The molecule has 0 radical (unpaired) electrons. The molecule has 150 valence electrons. The largest absolute Gasteiger partial charge is 0.417 e. The van der Waals surface area contributed by atoms with E-state index in [0.29, 0.717) is 25.1 Å². The zero-order valence-electron chi connectivity index (χ0n) is 15.2. The Morgan fingerprint density at radius 2 is 1.90 bits per heavy atom. The van der Waals surface area contributed by atoms with Crippen molar-refractivity contribution in [3.05, 3.63) is 63.9 Å². The van der Waals surface area contributed by atoms with Gasteiger partial charge >= 0.3 is 6.18 Å². The molecule has 6 nitrogen and oxygen atoms in total. The van der Waals surface area contributed by atoms with Gasteiger partial charge in [-0.1, -0.05) is 18.2 Å². The third-order valence-corrected chi connectivity index (χ3v) is 4.73. The molecule has 4 rings (SSSR count). The Balaban J connectivity index is 1.81. The number of carbonyl (C=O) groups is 1. The molecular weight excluding hydrogens is 385 g/mol. The fraction of sp³-hybridized carbons (Fsp3) is 0.250. The molecule has 1 aliphatic rings. The van der Waals surface area contributed by atoms with Gasteiger partial charge in [0.05, 0.1) is 23.2 Å². The number of carbonyl (C=O) groups excluding carboxylic acids is 1. The summed E-state index contributed by atoms with van der Waals surface area (Å²) in [5, 5.41) is 2.43. The van der Waals surface area contributed by atoms with Crippen LogP contribution in [0, 0.1) is 0 Å². The molecule has 1 aromatic carbocycles. The molecule has 3 heterocycles. The quantitative estimate of drug-likeness (QED) is 0.696. The number of aromatic nitrogens is 2. The molecule has 0 saturated carbocycles. The third kappa shape index (κ3) is 3.94. The zero-order valence-corrected chi connectivity index (χ0v) is 15.2. The molecule has 1 aliphatic heterocycles. The van der Waals surface area contributed by atoms with Gasteiger partial charge in [0.15, 0.2) is 5.43 Å². The predicted molar refractivity (Wildman–Crippen MR) is 102 cm³/mol. The summed E-state index contributed by atoms with van der Waals surface area (Å²) in [6.45, 7) is 0.447. The smallest absolute Gasteiger partial charge is 0.342 e. The van der Waals surface area contributed by atoms with E-state index in [0.717, 1.165) is 12.1 Å². The molecule has 1 fully saturated rings. The molecule has 9 heteroatoms. The van der Waals surface area contributed by atoms with E-state index in [9.17, 15) is 22.8 Å². The first-order valence-electron chi connectivity index (χ1n) is 9.05. The minimum absolute atomic E-state index is 0.0315. The van der Waals surface area contributed by atoms with Crippen molar-refractivity contribution >= 4 is 28.4 Å². The summed E-state index contributed by atoms with van der Waals surface area (Å²) in [4.78, 5) is 32.8. The van der Waals surface area contributed by atoms with Gasteiger partial charge in [-0.3, -0.25) is 9.59 Å². The van der Waals surface area contributed by atoms with E-state index in [1.165, 1.54) is 4.90 Å². The highest BCUT2D eigenvalue weighted by atomic mass is 19.4. The minimum Gasteiger partial charge on any atom is -0.342 e. The van der Waals surface area contributed by atoms with Crippen molar-refractivity contribution in [3.8, 4) is 0 Å². The molecule has 0 unspecified atom stereocenters. The Morgan fingerprint density at radius 3 is 2.55 bits per heavy atom. The van der Waals surface area contributed by atoms with Gasteiger partial charge in [-0.15, -0.1) is 0 Å². The van der Waals surface area contributed by atoms with E-state index in [-0.39, 0.29) is 29.6 Å². The van der Waals surface area contributed by atoms with Crippen LogP contribution < -0.4 is 10.7 Å². The number of amides is 1. The number of halogens is 3. The summed E-state index contributed by atoms with van der Waals surface area (Å²) in [5.41, 5.74) is -1.28. The number of nitrogens with zero attached hydrogens (tertiary/aromatic N) is 2. The maximum absolute atomic E-state index is 13.6. The monoisotopic (exact) mass is 402 g/mol. The lowest BCUT2D eigenvalue weighted by molar-refractivity contribution is -0.136. The van der Waals surface area contributed by atoms with Crippen LogP contribution in [0.1, 0.15) is 24.1 Å². The van der Waals surface area contributed by atoms with Crippen LogP contribution in [0.15, 0.2) is 47.3 Å². The van der Waals surface area contributed by atoms with Crippen molar-refractivity contribution in [3.63, 3.8) is 0 Å². The Labute approximate surface area is 163 Å². The van der Waals surface area contributed by atoms with Gasteiger partial charge < -0.3 is 15.2 Å². The molecule has 2 N–H and O–H groups in total. The van der Waals surface area contributed by atoms with Crippen LogP contribution in [0.25, 0.3) is 11.0 Å². The van der Waals surface area contributed by atoms with E-state index < -0.39 is 22.6 Å².